The van der Waals surface area contributed by atoms with Crippen molar-refractivity contribution in [3.63, 3.8) is 0 Å². The molecule has 1 unspecified atom stereocenters. The lowest BCUT2D eigenvalue weighted by atomic mass is 9.90. The van der Waals surface area contributed by atoms with Crippen LogP contribution in [0.5, 0.6) is 0 Å². The Morgan fingerprint density at radius 1 is 0.935 bits per heavy atom. The van der Waals surface area contributed by atoms with E-state index in [0.717, 1.165) is 5.56 Å². The van der Waals surface area contributed by atoms with Crippen molar-refractivity contribution in [2.75, 3.05) is 4.72 Å². The molecule has 0 spiro atoms. The SMILES string of the molecule is CC(c1ccccc1)c1cccc(C(N)=O)c1NS(=O)(=O)c1cccc2nccnc12. The van der Waals surface area contributed by atoms with Gasteiger partial charge in [-0.1, -0.05) is 55.5 Å². The Balaban J connectivity index is 1.86. The first kappa shape index (κ1) is 20.5. The molecular formula is C23H20N4O3S. The number of amides is 1. The van der Waals surface area contributed by atoms with Gasteiger partial charge in [-0.3, -0.25) is 19.5 Å². The zero-order valence-corrected chi connectivity index (χ0v) is 17.5. The van der Waals surface area contributed by atoms with Gasteiger partial charge in [-0.2, -0.15) is 0 Å². The summed E-state index contributed by atoms with van der Waals surface area (Å²) in [6.07, 6.45) is 2.93. The predicted octanol–water partition coefficient (Wildman–Crippen LogP) is 3.68. The molecule has 31 heavy (non-hydrogen) atoms. The first-order valence-corrected chi connectivity index (χ1v) is 11.1. The molecule has 7 nitrogen and oxygen atoms in total. The summed E-state index contributed by atoms with van der Waals surface area (Å²) in [5, 5.41) is 0. The van der Waals surface area contributed by atoms with E-state index in [1.165, 1.54) is 24.5 Å². The number of primary amides is 1. The molecule has 1 amide bonds. The molecule has 0 aliphatic rings. The Labute approximate surface area is 180 Å². The minimum Gasteiger partial charge on any atom is -0.366 e. The van der Waals surface area contributed by atoms with E-state index in [1.807, 2.05) is 37.3 Å². The summed E-state index contributed by atoms with van der Waals surface area (Å²) in [5.74, 6) is -0.914. The van der Waals surface area contributed by atoms with Gasteiger partial charge in [0.05, 0.1) is 16.8 Å². The lowest BCUT2D eigenvalue weighted by molar-refractivity contribution is 0.100. The van der Waals surface area contributed by atoms with E-state index in [9.17, 15) is 13.2 Å². The monoisotopic (exact) mass is 432 g/mol. The van der Waals surface area contributed by atoms with E-state index in [0.29, 0.717) is 11.1 Å². The number of hydrogen-bond acceptors (Lipinski definition) is 5. The maximum Gasteiger partial charge on any atom is 0.264 e. The van der Waals surface area contributed by atoms with Gasteiger partial charge >= 0.3 is 0 Å². The second-order valence-corrected chi connectivity index (χ2v) is 8.70. The van der Waals surface area contributed by atoms with Crippen molar-refractivity contribution in [2.24, 2.45) is 5.73 Å². The number of sulfonamides is 1. The first-order chi connectivity index (χ1) is 14.9. The molecular weight excluding hydrogens is 412 g/mol. The quantitative estimate of drug-likeness (QED) is 0.482. The molecule has 0 fully saturated rings. The van der Waals surface area contributed by atoms with Crippen molar-refractivity contribution >= 4 is 32.7 Å². The van der Waals surface area contributed by atoms with Crippen molar-refractivity contribution in [3.05, 3.63) is 95.8 Å². The number of carbonyl (C=O) groups is 1. The average Bonchev–Trinajstić information content (AvgIpc) is 2.78. The molecule has 0 aliphatic carbocycles. The van der Waals surface area contributed by atoms with Crippen molar-refractivity contribution < 1.29 is 13.2 Å². The Morgan fingerprint density at radius 3 is 2.39 bits per heavy atom. The number of hydrogen-bond donors (Lipinski definition) is 2. The van der Waals surface area contributed by atoms with Crippen LogP contribution in [0.25, 0.3) is 11.0 Å². The number of fused-ring (bicyclic) bond motifs is 1. The van der Waals surface area contributed by atoms with Crippen LogP contribution in [0.1, 0.15) is 34.3 Å². The van der Waals surface area contributed by atoms with Gasteiger partial charge in [0.2, 0.25) is 0 Å². The van der Waals surface area contributed by atoms with Crippen LogP contribution in [-0.4, -0.2) is 24.3 Å². The molecule has 1 aromatic heterocycles. The standard InChI is InChI=1S/C23H20N4O3S/c1-15(16-7-3-2-4-8-16)17-9-5-10-18(23(24)28)21(17)27-31(29,30)20-12-6-11-19-22(20)26-14-13-25-19/h2-15,27H,1H3,(H2,24,28). The highest BCUT2D eigenvalue weighted by Crippen LogP contribution is 2.34. The zero-order chi connectivity index (χ0) is 22.0. The highest BCUT2D eigenvalue weighted by molar-refractivity contribution is 7.93. The summed E-state index contributed by atoms with van der Waals surface area (Å²) in [5.41, 5.74) is 8.13. The van der Waals surface area contributed by atoms with E-state index in [1.54, 1.807) is 24.3 Å². The fraction of sp³-hybridized carbons (Fsp3) is 0.0870. The highest BCUT2D eigenvalue weighted by atomic mass is 32.2. The molecule has 1 atom stereocenters. The molecule has 0 saturated heterocycles. The Bertz CT molecular complexity index is 1370. The third-order valence-electron chi connectivity index (χ3n) is 5.12. The summed E-state index contributed by atoms with van der Waals surface area (Å²) in [7, 11) is -4.09. The lowest BCUT2D eigenvalue weighted by Crippen LogP contribution is -2.21. The van der Waals surface area contributed by atoms with Gasteiger partial charge in [0, 0.05) is 18.3 Å². The summed E-state index contributed by atoms with van der Waals surface area (Å²) in [6, 6.07) is 19.3. The highest BCUT2D eigenvalue weighted by Gasteiger charge is 2.25. The maximum atomic E-state index is 13.4. The van der Waals surface area contributed by atoms with Crippen molar-refractivity contribution in [3.8, 4) is 0 Å². The molecule has 0 radical (unpaired) electrons. The first-order valence-electron chi connectivity index (χ1n) is 9.58. The second-order valence-electron chi connectivity index (χ2n) is 7.05. The van der Waals surface area contributed by atoms with Gasteiger partial charge in [-0.15, -0.1) is 0 Å². The van der Waals surface area contributed by atoms with Crippen LogP contribution in [0.15, 0.2) is 84.0 Å². The summed E-state index contributed by atoms with van der Waals surface area (Å²) in [6.45, 7) is 1.94. The van der Waals surface area contributed by atoms with Crippen LogP contribution in [0, 0.1) is 0 Å². The summed E-state index contributed by atoms with van der Waals surface area (Å²) < 4.78 is 29.3. The molecule has 8 heteroatoms. The Kier molecular flexibility index (Phi) is 5.39. The van der Waals surface area contributed by atoms with E-state index in [2.05, 4.69) is 14.7 Å². The Hall–Kier alpha value is -3.78. The molecule has 156 valence electrons. The number of anilines is 1. The fourth-order valence-corrected chi connectivity index (χ4v) is 4.82. The molecule has 4 aromatic rings. The largest absolute Gasteiger partial charge is 0.366 e. The van der Waals surface area contributed by atoms with E-state index in [-0.39, 0.29) is 27.6 Å². The molecule has 3 N–H and O–H groups in total. The number of nitrogens with zero attached hydrogens (tertiary/aromatic N) is 2. The summed E-state index contributed by atoms with van der Waals surface area (Å²) >= 11 is 0. The van der Waals surface area contributed by atoms with Crippen LogP contribution >= 0.6 is 0 Å². The number of carbonyl (C=O) groups excluding carboxylic acids is 1. The third kappa shape index (κ3) is 3.97. The van der Waals surface area contributed by atoms with Crippen LogP contribution in [0.3, 0.4) is 0 Å². The third-order valence-corrected chi connectivity index (χ3v) is 6.50. The minimum atomic E-state index is -4.09. The van der Waals surface area contributed by atoms with Crippen LogP contribution in [0.4, 0.5) is 5.69 Å². The maximum absolute atomic E-state index is 13.4. The van der Waals surface area contributed by atoms with Crippen molar-refractivity contribution in [1.29, 1.82) is 0 Å². The average molecular weight is 433 g/mol. The normalized spacial score (nSPS) is 12.4. The van der Waals surface area contributed by atoms with E-state index in [4.69, 9.17) is 5.73 Å². The number of rotatable bonds is 6. The molecule has 1 heterocycles. The number of aromatic nitrogens is 2. The molecule has 0 saturated carbocycles. The summed E-state index contributed by atoms with van der Waals surface area (Å²) in [4.78, 5) is 20.4. The number of nitrogens with one attached hydrogen (secondary N) is 1. The van der Waals surface area contributed by atoms with Crippen molar-refractivity contribution in [1.82, 2.24) is 9.97 Å². The Morgan fingerprint density at radius 2 is 1.65 bits per heavy atom. The lowest BCUT2D eigenvalue weighted by Gasteiger charge is -2.20. The van der Waals surface area contributed by atoms with Gasteiger partial charge in [0.25, 0.3) is 15.9 Å². The van der Waals surface area contributed by atoms with Crippen LogP contribution in [-0.2, 0) is 10.0 Å². The predicted molar refractivity (Wildman–Crippen MR) is 119 cm³/mol. The fourth-order valence-electron chi connectivity index (χ4n) is 3.54. The molecule has 0 bridgehead atoms. The van der Waals surface area contributed by atoms with Gasteiger partial charge in [0.15, 0.2) is 0 Å². The van der Waals surface area contributed by atoms with E-state index < -0.39 is 15.9 Å². The number of para-hydroxylation sites is 2. The molecule has 3 aromatic carbocycles. The molecule has 4 rings (SSSR count). The van der Waals surface area contributed by atoms with Gasteiger partial charge in [-0.25, -0.2) is 8.42 Å². The number of nitrogens with two attached hydrogens (primary N) is 1. The van der Waals surface area contributed by atoms with Crippen LogP contribution < -0.4 is 10.5 Å². The van der Waals surface area contributed by atoms with Crippen molar-refractivity contribution in [2.45, 2.75) is 17.7 Å². The van der Waals surface area contributed by atoms with Gasteiger partial charge in [-0.05, 0) is 29.3 Å². The van der Waals surface area contributed by atoms with E-state index >= 15 is 0 Å². The van der Waals surface area contributed by atoms with Gasteiger partial charge in [0.1, 0.15) is 10.4 Å². The molecule has 0 aliphatic heterocycles. The van der Waals surface area contributed by atoms with Gasteiger partial charge < -0.3 is 5.73 Å². The van der Waals surface area contributed by atoms with Crippen LogP contribution in [0.2, 0.25) is 0 Å². The second kappa shape index (κ2) is 8.16. The topological polar surface area (TPSA) is 115 Å². The smallest absolute Gasteiger partial charge is 0.264 e. The minimum absolute atomic E-state index is 0.0318. The zero-order valence-electron chi connectivity index (χ0n) is 16.7. The number of benzene rings is 3.